The molecule has 0 spiro atoms. The normalized spacial score (nSPS) is 14.7. The van der Waals surface area contributed by atoms with Gasteiger partial charge in [0.25, 0.3) is 0 Å². The SMILES string of the molecule is Brc1ccc(OCc2ccccc2)cc1C1CCCC1.[LiH]. The summed E-state index contributed by atoms with van der Waals surface area (Å²) in [7, 11) is 0. The minimum absolute atomic E-state index is 0. The summed E-state index contributed by atoms with van der Waals surface area (Å²) < 4.78 is 7.15. The van der Waals surface area contributed by atoms with E-state index in [-0.39, 0.29) is 18.9 Å². The van der Waals surface area contributed by atoms with Crippen LogP contribution in [0.4, 0.5) is 0 Å². The van der Waals surface area contributed by atoms with E-state index in [1.54, 1.807) is 0 Å². The summed E-state index contributed by atoms with van der Waals surface area (Å²) in [5, 5.41) is 0. The second-order valence-electron chi connectivity index (χ2n) is 5.44. The molecule has 2 aromatic carbocycles. The van der Waals surface area contributed by atoms with Crippen LogP contribution in [0.2, 0.25) is 0 Å². The van der Waals surface area contributed by atoms with E-state index >= 15 is 0 Å². The van der Waals surface area contributed by atoms with E-state index in [0.717, 1.165) is 5.75 Å². The van der Waals surface area contributed by atoms with Gasteiger partial charge in [0.2, 0.25) is 0 Å². The summed E-state index contributed by atoms with van der Waals surface area (Å²) in [5.41, 5.74) is 2.62. The molecule has 1 saturated carbocycles. The van der Waals surface area contributed by atoms with Crippen LogP contribution in [0, 0.1) is 0 Å². The van der Waals surface area contributed by atoms with Gasteiger partial charge in [0, 0.05) is 4.47 Å². The zero-order valence-corrected chi connectivity index (χ0v) is 13.1. The predicted octanol–water partition coefficient (Wildman–Crippen LogP) is 5.04. The van der Waals surface area contributed by atoms with Gasteiger partial charge in [-0.3, -0.25) is 0 Å². The minimum atomic E-state index is 0. The van der Waals surface area contributed by atoms with Crippen molar-refractivity contribution in [3.05, 3.63) is 64.1 Å². The quantitative estimate of drug-likeness (QED) is 0.710. The Labute approximate surface area is 147 Å². The van der Waals surface area contributed by atoms with Crippen molar-refractivity contribution < 1.29 is 4.74 Å². The fourth-order valence-electron chi connectivity index (χ4n) is 2.90. The topological polar surface area (TPSA) is 9.23 Å². The van der Waals surface area contributed by atoms with E-state index in [0.29, 0.717) is 12.5 Å². The van der Waals surface area contributed by atoms with Crippen LogP contribution in [-0.2, 0) is 6.61 Å². The Hall–Kier alpha value is -0.683. The van der Waals surface area contributed by atoms with E-state index in [4.69, 9.17) is 4.74 Å². The molecule has 0 heterocycles. The van der Waals surface area contributed by atoms with Crippen LogP contribution in [-0.4, -0.2) is 18.9 Å². The summed E-state index contributed by atoms with van der Waals surface area (Å²) >= 11 is 3.68. The third-order valence-electron chi connectivity index (χ3n) is 4.01. The van der Waals surface area contributed by atoms with Crippen LogP contribution < -0.4 is 4.74 Å². The van der Waals surface area contributed by atoms with Crippen molar-refractivity contribution in [3.63, 3.8) is 0 Å². The van der Waals surface area contributed by atoms with Crippen LogP contribution in [0.15, 0.2) is 53.0 Å². The fourth-order valence-corrected chi connectivity index (χ4v) is 3.47. The molecule has 0 aromatic heterocycles. The monoisotopic (exact) mass is 338 g/mol. The molecule has 1 aliphatic rings. The number of ether oxygens (including phenoxy) is 1. The first-order valence-corrected chi connectivity index (χ1v) is 8.08. The Kier molecular flexibility index (Phi) is 6.42. The van der Waals surface area contributed by atoms with Crippen LogP contribution >= 0.6 is 15.9 Å². The molecule has 0 saturated heterocycles. The average molecular weight is 339 g/mol. The first kappa shape index (κ1) is 16.7. The van der Waals surface area contributed by atoms with Crippen LogP contribution in [0.1, 0.15) is 42.7 Å². The first-order valence-electron chi connectivity index (χ1n) is 7.29. The third-order valence-corrected chi connectivity index (χ3v) is 4.73. The predicted molar refractivity (Wildman–Crippen MR) is 93.3 cm³/mol. The standard InChI is InChI=1S/C18H19BrO.Li.H/c19-18-11-10-16(12-17(18)15-8-4-5-9-15)20-13-14-6-2-1-3-7-14;;/h1-3,6-7,10-12,15H,4-5,8-9,13H2;;. The second kappa shape index (κ2) is 8.08. The number of benzene rings is 2. The molecule has 1 fully saturated rings. The van der Waals surface area contributed by atoms with E-state index < -0.39 is 0 Å². The van der Waals surface area contributed by atoms with Crippen molar-refractivity contribution in [3.8, 4) is 5.75 Å². The van der Waals surface area contributed by atoms with Crippen molar-refractivity contribution >= 4 is 34.8 Å². The van der Waals surface area contributed by atoms with Crippen LogP contribution in [0.3, 0.4) is 0 Å². The van der Waals surface area contributed by atoms with Gasteiger partial charge >= 0.3 is 18.9 Å². The van der Waals surface area contributed by atoms with Gasteiger partial charge < -0.3 is 4.74 Å². The zero-order valence-electron chi connectivity index (χ0n) is 11.5. The number of hydrogen-bond donors (Lipinski definition) is 0. The molecule has 2 aromatic rings. The number of rotatable bonds is 4. The number of hydrogen-bond acceptors (Lipinski definition) is 1. The maximum absolute atomic E-state index is 5.93. The molecule has 106 valence electrons. The van der Waals surface area contributed by atoms with Crippen LogP contribution in [0.25, 0.3) is 0 Å². The van der Waals surface area contributed by atoms with E-state index in [9.17, 15) is 0 Å². The van der Waals surface area contributed by atoms with Crippen LogP contribution in [0.5, 0.6) is 5.75 Å². The van der Waals surface area contributed by atoms with Crippen molar-refractivity contribution in [2.75, 3.05) is 0 Å². The van der Waals surface area contributed by atoms with E-state index in [1.807, 2.05) is 24.3 Å². The molecule has 21 heavy (non-hydrogen) atoms. The molecule has 3 rings (SSSR count). The van der Waals surface area contributed by atoms with Crippen molar-refractivity contribution in [2.24, 2.45) is 0 Å². The molecule has 0 unspecified atom stereocenters. The van der Waals surface area contributed by atoms with Gasteiger partial charge in [0.15, 0.2) is 0 Å². The molecule has 0 aliphatic heterocycles. The van der Waals surface area contributed by atoms with Gasteiger partial charge in [-0.05, 0) is 48.1 Å². The van der Waals surface area contributed by atoms with E-state index in [2.05, 4.69) is 40.2 Å². The van der Waals surface area contributed by atoms with Gasteiger partial charge in [-0.1, -0.05) is 59.1 Å². The molecule has 1 nitrogen and oxygen atoms in total. The Morgan fingerprint density at radius 1 is 1.00 bits per heavy atom. The molecular formula is C18H20BrLiO. The molecule has 0 atom stereocenters. The summed E-state index contributed by atoms with van der Waals surface area (Å²) in [6.45, 7) is 0.632. The average Bonchev–Trinajstić information content (AvgIpc) is 3.01. The summed E-state index contributed by atoms with van der Waals surface area (Å²) in [6.07, 6.45) is 5.32. The summed E-state index contributed by atoms with van der Waals surface area (Å²) in [4.78, 5) is 0. The Morgan fingerprint density at radius 2 is 1.71 bits per heavy atom. The second-order valence-corrected chi connectivity index (χ2v) is 6.29. The third kappa shape index (κ3) is 4.39. The Balaban J connectivity index is 0.00000161. The Morgan fingerprint density at radius 3 is 2.43 bits per heavy atom. The maximum atomic E-state index is 5.93. The Bertz CT molecular complexity index is 565. The molecule has 3 heteroatoms. The summed E-state index contributed by atoms with van der Waals surface area (Å²) in [6, 6.07) is 16.7. The molecule has 0 bridgehead atoms. The van der Waals surface area contributed by atoms with Gasteiger partial charge in [-0.2, -0.15) is 0 Å². The molecule has 0 N–H and O–H groups in total. The van der Waals surface area contributed by atoms with Gasteiger partial charge in [-0.25, -0.2) is 0 Å². The van der Waals surface area contributed by atoms with Gasteiger partial charge in [-0.15, -0.1) is 0 Å². The number of halogens is 1. The van der Waals surface area contributed by atoms with Crippen molar-refractivity contribution in [1.29, 1.82) is 0 Å². The molecular weight excluding hydrogens is 319 g/mol. The fraction of sp³-hybridized carbons (Fsp3) is 0.333. The first-order chi connectivity index (χ1) is 9.83. The summed E-state index contributed by atoms with van der Waals surface area (Å²) in [5.74, 6) is 1.67. The molecule has 1 aliphatic carbocycles. The van der Waals surface area contributed by atoms with Gasteiger partial charge in [0.05, 0.1) is 0 Å². The van der Waals surface area contributed by atoms with E-state index in [1.165, 1.54) is 41.3 Å². The van der Waals surface area contributed by atoms with Crippen molar-refractivity contribution in [1.82, 2.24) is 0 Å². The zero-order chi connectivity index (χ0) is 13.8. The van der Waals surface area contributed by atoms with Gasteiger partial charge in [0.1, 0.15) is 12.4 Å². The van der Waals surface area contributed by atoms with Crippen molar-refractivity contribution in [2.45, 2.75) is 38.2 Å². The molecule has 0 radical (unpaired) electrons. The molecule has 0 amide bonds.